The van der Waals surface area contributed by atoms with Crippen molar-refractivity contribution in [1.29, 1.82) is 0 Å². The third kappa shape index (κ3) is 3.87. The molecule has 0 bridgehead atoms. The minimum atomic E-state index is -0.983. The van der Waals surface area contributed by atoms with Gasteiger partial charge < -0.3 is 19.3 Å². The van der Waals surface area contributed by atoms with Crippen LogP contribution in [0.4, 0.5) is 5.69 Å². The van der Waals surface area contributed by atoms with E-state index in [9.17, 15) is 19.5 Å². The number of carbonyl (C=O) groups excluding carboxylic acids is 1. The predicted molar refractivity (Wildman–Crippen MR) is 133 cm³/mol. The minimum absolute atomic E-state index is 0.0679. The van der Waals surface area contributed by atoms with Crippen LogP contribution >= 0.6 is 0 Å². The highest BCUT2D eigenvalue weighted by Gasteiger charge is 2.31. The van der Waals surface area contributed by atoms with E-state index < -0.39 is 11.5 Å². The number of aryl methyl sites for hydroxylation is 1. The minimum Gasteiger partial charge on any atom is -0.507 e. The summed E-state index contributed by atoms with van der Waals surface area (Å²) in [6.07, 6.45) is 0. The lowest BCUT2D eigenvalue weighted by Gasteiger charge is -2.20. The number of anilines is 1. The van der Waals surface area contributed by atoms with Crippen molar-refractivity contribution in [3.63, 3.8) is 0 Å². The van der Waals surface area contributed by atoms with Crippen LogP contribution in [0.1, 0.15) is 35.3 Å². The molecule has 2 heterocycles. The van der Waals surface area contributed by atoms with E-state index in [1.54, 1.807) is 79.7 Å². The lowest BCUT2D eigenvalue weighted by molar-refractivity contribution is -0.114. The van der Waals surface area contributed by atoms with Crippen molar-refractivity contribution in [2.45, 2.75) is 19.8 Å². The van der Waals surface area contributed by atoms with Crippen molar-refractivity contribution in [2.75, 3.05) is 5.32 Å². The van der Waals surface area contributed by atoms with Crippen LogP contribution in [0, 0.1) is 6.92 Å². The van der Waals surface area contributed by atoms with Gasteiger partial charge in [-0.05, 0) is 48.9 Å². The predicted octanol–water partition coefficient (Wildman–Crippen LogP) is 5.05. The quantitative estimate of drug-likeness (QED) is 0.358. The number of rotatable bonds is 4. The second-order valence-corrected chi connectivity index (χ2v) is 8.28. The zero-order valence-corrected chi connectivity index (χ0v) is 19.0. The maximum absolute atomic E-state index is 13.7. The van der Waals surface area contributed by atoms with Gasteiger partial charge in [0.2, 0.25) is 5.91 Å². The first-order valence-electron chi connectivity index (χ1n) is 11.0. The summed E-state index contributed by atoms with van der Waals surface area (Å²) in [6, 6.07) is 20.2. The highest BCUT2D eigenvalue weighted by atomic mass is 16.4. The Labute approximate surface area is 199 Å². The summed E-state index contributed by atoms with van der Waals surface area (Å²) in [4.78, 5) is 38.4. The number of benzene rings is 3. The standard InChI is InChI=1S/C28H21NO6/c1-15-23(26(31)19-7-3-5-9-21(19)34-15)24(17-11-13-18(14-12-17)29-16(2)30)25-27(32)20-8-4-6-10-22(20)35-28(25)33/h3-14,24,32H,1-2H3,(H,29,30). The van der Waals surface area contributed by atoms with Gasteiger partial charge in [-0.15, -0.1) is 0 Å². The lowest BCUT2D eigenvalue weighted by atomic mass is 9.83. The van der Waals surface area contributed by atoms with Gasteiger partial charge in [0.05, 0.1) is 27.8 Å². The fourth-order valence-corrected chi connectivity index (χ4v) is 4.44. The first-order valence-corrected chi connectivity index (χ1v) is 11.0. The van der Waals surface area contributed by atoms with Crippen molar-refractivity contribution in [3.8, 4) is 5.75 Å². The van der Waals surface area contributed by atoms with E-state index in [4.69, 9.17) is 8.83 Å². The molecule has 0 fully saturated rings. The van der Waals surface area contributed by atoms with Gasteiger partial charge in [-0.25, -0.2) is 4.79 Å². The number of nitrogens with one attached hydrogen (secondary N) is 1. The average molecular weight is 467 g/mol. The molecule has 0 aliphatic heterocycles. The second-order valence-electron chi connectivity index (χ2n) is 8.28. The van der Waals surface area contributed by atoms with Crippen molar-refractivity contribution < 1.29 is 18.7 Å². The molecule has 1 unspecified atom stereocenters. The molecule has 35 heavy (non-hydrogen) atoms. The molecule has 2 N–H and O–H groups in total. The van der Waals surface area contributed by atoms with Crippen molar-refractivity contribution in [3.05, 3.63) is 116 Å². The van der Waals surface area contributed by atoms with Crippen molar-refractivity contribution in [1.82, 2.24) is 0 Å². The molecule has 5 aromatic rings. The van der Waals surface area contributed by atoms with Crippen LogP contribution in [0.2, 0.25) is 0 Å². The highest BCUT2D eigenvalue weighted by molar-refractivity contribution is 5.89. The van der Waals surface area contributed by atoms with Crippen molar-refractivity contribution >= 4 is 33.5 Å². The molecule has 0 saturated carbocycles. The molecule has 0 saturated heterocycles. The fourth-order valence-electron chi connectivity index (χ4n) is 4.44. The number of hydrogen-bond donors (Lipinski definition) is 2. The molecule has 1 atom stereocenters. The van der Waals surface area contributed by atoms with E-state index in [1.165, 1.54) is 6.92 Å². The van der Waals surface area contributed by atoms with Crippen LogP contribution < -0.4 is 16.4 Å². The summed E-state index contributed by atoms with van der Waals surface area (Å²) < 4.78 is 11.5. The molecule has 0 aliphatic carbocycles. The van der Waals surface area contributed by atoms with E-state index in [0.29, 0.717) is 33.4 Å². The Morgan fingerprint density at radius 3 is 2.09 bits per heavy atom. The number of para-hydroxylation sites is 2. The molecule has 5 rings (SSSR count). The molecule has 7 heteroatoms. The Hall–Kier alpha value is -4.65. The number of aromatic hydroxyl groups is 1. The number of amides is 1. The zero-order valence-electron chi connectivity index (χ0n) is 19.0. The Morgan fingerprint density at radius 1 is 0.829 bits per heavy atom. The van der Waals surface area contributed by atoms with E-state index >= 15 is 0 Å². The molecular formula is C28H21NO6. The average Bonchev–Trinajstić information content (AvgIpc) is 2.83. The van der Waals surface area contributed by atoms with Crippen LogP contribution in [0.5, 0.6) is 5.75 Å². The number of carbonyl (C=O) groups is 1. The van der Waals surface area contributed by atoms with Gasteiger partial charge >= 0.3 is 5.63 Å². The molecule has 0 radical (unpaired) electrons. The number of hydrogen-bond acceptors (Lipinski definition) is 6. The molecule has 0 aliphatic rings. The fraction of sp³-hybridized carbons (Fsp3) is 0.107. The topological polar surface area (TPSA) is 110 Å². The summed E-state index contributed by atoms with van der Waals surface area (Å²) >= 11 is 0. The third-order valence-electron chi connectivity index (χ3n) is 5.98. The largest absolute Gasteiger partial charge is 0.507 e. The van der Waals surface area contributed by atoms with Crippen LogP contribution in [-0.4, -0.2) is 11.0 Å². The van der Waals surface area contributed by atoms with E-state index in [-0.39, 0.29) is 33.8 Å². The Balaban J connectivity index is 1.84. The van der Waals surface area contributed by atoms with E-state index in [0.717, 1.165) is 0 Å². The van der Waals surface area contributed by atoms with E-state index in [1.807, 2.05) is 0 Å². The van der Waals surface area contributed by atoms with Crippen LogP contribution in [0.3, 0.4) is 0 Å². The van der Waals surface area contributed by atoms with Crippen molar-refractivity contribution in [2.24, 2.45) is 0 Å². The molecule has 0 spiro atoms. The Morgan fingerprint density at radius 2 is 1.43 bits per heavy atom. The molecule has 7 nitrogen and oxygen atoms in total. The molecule has 1 amide bonds. The first-order chi connectivity index (χ1) is 16.8. The smallest absolute Gasteiger partial charge is 0.344 e. The molecule has 3 aromatic carbocycles. The molecule has 174 valence electrons. The monoisotopic (exact) mass is 467 g/mol. The Kier molecular flexibility index (Phi) is 5.45. The van der Waals surface area contributed by atoms with Gasteiger partial charge in [0.1, 0.15) is 22.7 Å². The summed E-state index contributed by atoms with van der Waals surface area (Å²) in [5.41, 5.74) is 0.834. The number of fused-ring (bicyclic) bond motifs is 2. The van der Waals surface area contributed by atoms with Gasteiger partial charge in [0.15, 0.2) is 5.43 Å². The van der Waals surface area contributed by atoms with Gasteiger partial charge in [-0.2, -0.15) is 0 Å². The van der Waals surface area contributed by atoms with Gasteiger partial charge in [0.25, 0.3) is 0 Å². The summed E-state index contributed by atoms with van der Waals surface area (Å²) in [6.45, 7) is 3.06. The molecule has 2 aromatic heterocycles. The third-order valence-corrected chi connectivity index (χ3v) is 5.98. The van der Waals surface area contributed by atoms with Crippen LogP contribution in [0.15, 0.2) is 91.2 Å². The zero-order chi connectivity index (χ0) is 24.7. The van der Waals surface area contributed by atoms with E-state index in [2.05, 4.69) is 5.32 Å². The van der Waals surface area contributed by atoms with Gasteiger partial charge in [0, 0.05) is 12.6 Å². The lowest BCUT2D eigenvalue weighted by Crippen LogP contribution is -2.22. The second kappa shape index (κ2) is 8.61. The normalized spacial score (nSPS) is 12.1. The summed E-state index contributed by atoms with van der Waals surface area (Å²) in [5, 5.41) is 14.6. The maximum Gasteiger partial charge on any atom is 0.344 e. The molecular weight excluding hydrogens is 446 g/mol. The summed E-state index contributed by atoms with van der Waals surface area (Å²) in [7, 11) is 0. The SMILES string of the molecule is CC(=O)Nc1ccc(C(c2c(O)c3ccccc3oc2=O)c2c(C)oc3ccccc3c2=O)cc1. The highest BCUT2D eigenvalue weighted by Crippen LogP contribution is 2.39. The summed E-state index contributed by atoms with van der Waals surface area (Å²) in [5.74, 6) is -1.16. The van der Waals surface area contributed by atoms with Crippen LogP contribution in [0.25, 0.3) is 21.9 Å². The van der Waals surface area contributed by atoms with Gasteiger partial charge in [-0.3, -0.25) is 9.59 Å². The Bertz CT molecular complexity index is 1700. The first kappa shape index (κ1) is 22.2. The van der Waals surface area contributed by atoms with Crippen LogP contribution in [-0.2, 0) is 4.79 Å². The van der Waals surface area contributed by atoms with Gasteiger partial charge in [-0.1, -0.05) is 36.4 Å². The maximum atomic E-state index is 13.7.